The maximum Gasteiger partial charge on any atom is 0.338 e. The van der Waals surface area contributed by atoms with Crippen molar-refractivity contribution < 1.29 is 103 Å². The minimum atomic E-state index is -1.90. The van der Waals surface area contributed by atoms with Crippen LogP contribution in [-0.4, -0.2) is 205 Å². The molecular formula is C52H80O21. The van der Waals surface area contributed by atoms with Gasteiger partial charge in [-0.2, -0.15) is 0 Å². The number of methoxy groups -OCH3 is 1. The Balaban J connectivity index is 0.932. The van der Waals surface area contributed by atoms with Gasteiger partial charge < -0.3 is 93.7 Å². The molecule has 21 nitrogen and oxygen atoms in total. The second-order valence-corrected chi connectivity index (χ2v) is 22.6. The van der Waals surface area contributed by atoms with Crippen molar-refractivity contribution in [2.24, 2.45) is 34.5 Å². The molecule has 3 heterocycles. The molecule has 0 amide bonds. The van der Waals surface area contributed by atoms with Gasteiger partial charge in [-0.3, -0.25) is 4.79 Å². The third-order valence-electron chi connectivity index (χ3n) is 18.7. The molecule has 4 aliphatic carbocycles. The Kier molecular flexibility index (Phi) is 17.1. The van der Waals surface area contributed by atoms with Crippen LogP contribution >= 0.6 is 0 Å². The summed E-state index contributed by atoms with van der Waals surface area (Å²) < 4.78 is 53.8. The third-order valence-corrected chi connectivity index (χ3v) is 18.7. The van der Waals surface area contributed by atoms with Crippen molar-refractivity contribution >= 4 is 11.9 Å². The quantitative estimate of drug-likeness (QED) is 0.0829. The fraction of sp³-hybridized carbons (Fsp3) is 0.846. The number of hydrogen-bond acceptors (Lipinski definition) is 21. The van der Waals surface area contributed by atoms with Gasteiger partial charge in [0.05, 0.1) is 36.9 Å². The lowest BCUT2D eigenvalue weighted by Crippen LogP contribution is -2.76. The molecule has 26 atom stereocenters. The Labute approximate surface area is 425 Å². The van der Waals surface area contributed by atoms with Crippen molar-refractivity contribution in [3.63, 3.8) is 0 Å². The minimum Gasteiger partial charge on any atom is -0.462 e. The fourth-order valence-electron chi connectivity index (χ4n) is 14.1. The van der Waals surface area contributed by atoms with E-state index in [0.717, 1.165) is 0 Å². The van der Waals surface area contributed by atoms with E-state index in [1.165, 1.54) is 7.11 Å². The molecule has 3 aliphatic heterocycles. The van der Waals surface area contributed by atoms with E-state index in [-0.39, 0.29) is 30.6 Å². The van der Waals surface area contributed by atoms with Crippen molar-refractivity contribution in [1.82, 2.24) is 0 Å². The number of carbonyl (C=O) groups is 2. The molecule has 21 heteroatoms. The topological polar surface area (TPSA) is 320 Å². The van der Waals surface area contributed by atoms with Gasteiger partial charge in [0.25, 0.3) is 0 Å². The number of hydrogen-bond donors (Lipinski definition) is 10. The van der Waals surface area contributed by atoms with Crippen molar-refractivity contribution in [3.8, 4) is 0 Å². The number of aliphatic hydroxyl groups is 10. The molecule has 1 aromatic carbocycles. The summed E-state index contributed by atoms with van der Waals surface area (Å²) >= 11 is 0. The second-order valence-electron chi connectivity index (χ2n) is 22.6. The number of fused-ring (bicyclic) bond motifs is 5. The van der Waals surface area contributed by atoms with Gasteiger partial charge in [-0.1, -0.05) is 45.9 Å². The third kappa shape index (κ3) is 9.93. The molecule has 7 fully saturated rings. The normalized spacial score (nSPS) is 48.6. The van der Waals surface area contributed by atoms with Crippen LogP contribution in [0.15, 0.2) is 30.3 Å². The fourth-order valence-corrected chi connectivity index (χ4v) is 14.1. The summed E-state index contributed by atoms with van der Waals surface area (Å²) in [5, 5.41) is 112. The standard InChI is InChI=1S/C52H80O21/c1-8-24(2)44(61)67-25(3)30-21-34(72-45(62)27-12-10-9-11-13-27)52(64)50(30,6)18-16-33-49(5)17-15-29(20-28(49)14-19-51(33,52)63)69-48-41(60)43(65-7)42(26(4)68-48)73-47-40(59)38(57)36(55)32(71-47)23-66-46-39(58)37(56)35(54)31(22-53)70-46/h9-13,24-26,28-43,46-48,53-60,63-64H,8,14-23H2,1-7H3/t24-,25-,26+,28-,29-,30+,31+,32+,33+,34+,35+,36+,37-,38-,39+,40+,41+,42-,43+,46+,47-,48-,49-,50+,51-,52+/m0/s1. The molecule has 4 saturated carbocycles. The molecule has 0 spiro atoms. The predicted molar refractivity (Wildman–Crippen MR) is 251 cm³/mol. The van der Waals surface area contributed by atoms with Crippen molar-refractivity contribution in [3.05, 3.63) is 35.9 Å². The Morgan fingerprint density at radius 2 is 1.40 bits per heavy atom. The molecule has 1 aromatic rings. The van der Waals surface area contributed by atoms with E-state index in [1.54, 1.807) is 37.3 Å². The monoisotopic (exact) mass is 1040 g/mol. The lowest BCUT2D eigenvalue weighted by molar-refractivity contribution is -0.367. The first-order valence-corrected chi connectivity index (χ1v) is 26.2. The summed E-state index contributed by atoms with van der Waals surface area (Å²) in [6.45, 7) is 10.0. The molecule has 10 N–H and O–H groups in total. The smallest absolute Gasteiger partial charge is 0.338 e. The molecule has 8 rings (SSSR count). The first-order valence-electron chi connectivity index (χ1n) is 26.2. The number of aliphatic hydroxyl groups excluding tert-OH is 8. The zero-order valence-corrected chi connectivity index (χ0v) is 42.8. The van der Waals surface area contributed by atoms with Gasteiger partial charge in [0, 0.05) is 18.4 Å². The van der Waals surface area contributed by atoms with E-state index in [4.69, 9.17) is 42.6 Å². The van der Waals surface area contributed by atoms with E-state index in [0.29, 0.717) is 50.5 Å². The van der Waals surface area contributed by atoms with E-state index in [2.05, 4.69) is 6.92 Å². The predicted octanol–water partition coefficient (Wildman–Crippen LogP) is 0.204. The van der Waals surface area contributed by atoms with Crippen molar-refractivity contribution in [2.75, 3.05) is 20.3 Å². The highest BCUT2D eigenvalue weighted by atomic mass is 16.8. The van der Waals surface area contributed by atoms with Crippen LogP contribution < -0.4 is 0 Å². The highest BCUT2D eigenvalue weighted by Gasteiger charge is 2.78. The van der Waals surface area contributed by atoms with Gasteiger partial charge in [-0.15, -0.1) is 0 Å². The maximum atomic E-state index is 13.8. The number of esters is 2. The SMILES string of the molecule is CC[C@H](C)C(=O)O[C@@H](C)[C@H]1C[C@@H](OC(=O)c2ccccc2)[C@@]2(O)[C@]1(C)CC[C@@H]1[C@@]3(C)CC[C@H](O[C@@H]4O[C@H](C)[C@H](O[C@@H]5O[C@H](CO[C@@H]6O[C@H](CO)[C@@H](O)[C@H](O)[C@H]6O)[C@@H](O)[C@H](O)[C@H]5O)[C@H](OC)[C@H]4O)C[C@@H]3CC[C@]12O. The summed E-state index contributed by atoms with van der Waals surface area (Å²) in [6.07, 6.45) is -20.0. The number of benzene rings is 1. The summed E-state index contributed by atoms with van der Waals surface area (Å²) in [7, 11) is 1.35. The Hall–Kier alpha value is -2.52. The molecule has 0 bridgehead atoms. The van der Waals surface area contributed by atoms with E-state index in [9.17, 15) is 60.7 Å². The molecule has 7 aliphatic rings. The average Bonchev–Trinajstić information content (AvgIpc) is 3.61. The van der Waals surface area contributed by atoms with Gasteiger partial charge in [-0.05, 0) is 101 Å². The lowest BCUT2D eigenvalue weighted by Gasteiger charge is -2.67. The lowest BCUT2D eigenvalue weighted by atomic mass is 9.41. The number of rotatable bonds is 15. The summed E-state index contributed by atoms with van der Waals surface area (Å²) in [6, 6.07) is 8.54. The van der Waals surface area contributed by atoms with E-state index < -0.39 is 163 Å². The van der Waals surface area contributed by atoms with Gasteiger partial charge in [0.15, 0.2) is 18.9 Å². The van der Waals surface area contributed by atoms with Gasteiger partial charge in [-0.25, -0.2) is 4.79 Å². The Bertz CT molecular complexity index is 2030. The average molecular weight is 1040 g/mol. The van der Waals surface area contributed by atoms with Crippen LogP contribution in [0, 0.1) is 34.5 Å². The zero-order valence-electron chi connectivity index (χ0n) is 42.8. The molecule has 73 heavy (non-hydrogen) atoms. The highest BCUT2D eigenvalue weighted by Crippen LogP contribution is 2.71. The van der Waals surface area contributed by atoms with Crippen LogP contribution in [0.5, 0.6) is 0 Å². The van der Waals surface area contributed by atoms with Gasteiger partial charge in [0.1, 0.15) is 90.6 Å². The van der Waals surface area contributed by atoms with Gasteiger partial charge in [0.2, 0.25) is 0 Å². The minimum absolute atomic E-state index is 0.0132. The summed E-state index contributed by atoms with van der Waals surface area (Å²) in [5.74, 6) is -2.12. The van der Waals surface area contributed by atoms with Crippen molar-refractivity contribution in [2.45, 2.75) is 221 Å². The van der Waals surface area contributed by atoms with Crippen LogP contribution in [0.3, 0.4) is 0 Å². The Morgan fingerprint density at radius 1 is 0.753 bits per heavy atom. The summed E-state index contributed by atoms with van der Waals surface area (Å²) in [4.78, 5) is 26.9. The second kappa shape index (κ2) is 22.1. The van der Waals surface area contributed by atoms with Gasteiger partial charge >= 0.3 is 11.9 Å². The molecule has 0 aromatic heterocycles. The number of ether oxygens (including phenoxy) is 9. The first-order chi connectivity index (χ1) is 34.5. The molecular weight excluding hydrogens is 961 g/mol. The van der Waals surface area contributed by atoms with E-state index >= 15 is 0 Å². The highest BCUT2D eigenvalue weighted by molar-refractivity contribution is 5.89. The van der Waals surface area contributed by atoms with Crippen molar-refractivity contribution in [1.29, 1.82) is 0 Å². The van der Waals surface area contributed by atoms with Crippen LogP contribution in [0.25, 0.3) is 0 Å². The maximum absolute atomic E-state index is 13.8. The largest absolute Gasteiger partial charge is 0.462 e. The van der Waals surface area contributed by atoms with Crippen LogP contribution in [0.2, 0.25) is 0 Å². The van der Waals surface area contributed by atoms with Crippen LogP contribution in [0.1, 0.15) is 110 Å². The molecule has 0 unspecified atom stereocenters. The molecule has 3 saturated heterocycles. The molecule has 0 radical (unpaired) electrons. The zero-order chi connectivity index (χ0) is 53.1. The van der Waals surface area contributed by atoms with E-state index in [1.807, 2.05) is 27.7 Å². The van der Waals surface area contributed by atoms with Crippen LogP contribution in [0.4, 0.5) is 0 Å². The summed E-state index contributed by atoms with van der Waals surface area (Å²) in [5.41, 5.74) is -4.77. The first kappa shape index (κ1) is 56.7. The number of carbonyl (C=O) groups excluding carboxylic acids is 2. The van der Waals surface area contributed by atoms with Crippen LogP contribution in [-0.2, 0) is 47.4 Å². The molecule has 414 valence electrons. The Morgan fingerprint density at radius 3 is 2.05 bits per heavy atom.